The van der Waals surface area contributed by atoms with Gasteiger partial charge in [-0.1, -0.05) is 24.6 Å². The van der Waals surface area contributed by atoms with Gasteiger partial charge in [0.25, 0.3) is 0 Å². The summed E-state index contributed by atoms with van der Waals surface area (Å²) < 4.78 is 5.98. The summed E-state index contributed by atoms with van der Waals surface area (Å²) in [6, 6.07) is 8.44. The lowest BCUT2D eigenvalue weighted by atomic mass is 10.1. The molecule has 2 rings (SSSR count). The summed E-state index contributed by atoms with van der Waals surface area (Å²) in [6.45, 7) is 8.75. The van der Waals surface area contributed by atoms with Crippen LogP contribution in [-0.4, -0.2) is 11.5 Å². The Labute approximate surface area is 127 Å². The van der Waals surface area contributed by atoms with Crippen molar-refractivity contribution >= 4 is 0 Å². The average Bonchev–Trinajstić information content (AvgIpc) is 2.47. The predicted molar refractivity (Wildman–Crippen MR) is 86.5 cm³/mol. The minimum absolute atomic E-state index is 0.554. The average molecular weight is 284 g/mol. The lowest BCUT2D eigenvalue weighted by molar-refractivity contribution is 0.301. The van der Waals surface area contributed by atoms with Crippen molar-refractivity contribution in [3.05, 3.63) is 58.9 Å². The largest absolute Gasteiger partial charge is 0.489 e. The van der Waals surface area contributed by atoms with E-state index in [-0.39, 0.29) is 0 Å². The van der Waals surface area contributed by atoms with Crippen LogP contribution in [0.5, 0.6) is 5.75 Å². The summed E-state index contributed by atoms with van der Waals surface area (Å²) in [5.41, 5.74) is 4.73. The molecule has 0 unspecified atom stereocenters. The second kappa shape index (κ2) is 7.79. The highest BCUT2D eigenvalue weighted by molar-refractivity contribution is 5.37. The van der Waals surface area contributed by atoms with Crippen molar-refractivity contribution < 1.29 is 4.74 Å². The van der Waals surface area contributed by atoms with Gasteiger partial charge in [-0.3, -0.25) is 4.98 Å². The van der Waals surface area contributed by atoms with Gasteiger partial charge in [0.05, 0.1) is 0 Å². The van der Waals surface area contributed by atoms with E-state index in [4.69, 9.17) is 4.74 Å². The maximum atomic E-state index is 5.98. The van der Waals surface area contributed by atoms with E-state index >= 15 is 0 Å². The van der Waals surface area contributed by atoms with E-state index in [1.165, 1.54) is 11.1 Å². The number of pyridine rings is 1. The molecule has 0 aliphatic heterocycles. The molecule has 2 aromatic rings. The molecule has 0 radical (unpaired) electrons. The van der Waals surface area contributed by atoms with Crippen molar-refractivity contribution in [3.8, 4) is 5.75 Å². The number of hydrogen-bond donors (Lipinski definition) is 1. The fourth-order valence-electron chi connectivity index (χ4n) is 2.24. The second-order valence-corrected chi connectivity index (χ2v) is 5.45. The molecule has 0 bridgehead atoms. The molecular weight excluding hydrogens is 260 g/mol. The van der Waals surface area contributed by atoms with Crippen LogP contribution in [-0.2, 0) is 13.2 Å². The summed E-state index contributed by atoms with van der Waals surface area (Å²) in [7, 11) is 0. The molecule has 112 valence electrons. The van der Waals surface area contributed by atoms with Crippen molar-refractivity contribution in [1.29, 1.82) is 0 Å². The van der Waals surface area contributed by atoms with Gasteiger partial charge in [0, 0.05) is 30.1 Å². The van der Waals surface area contributed by atoms with E-state index < -0.39 is 0 Å². The van der Waals surface area contributed by atoms with Crippen LogP contribution in [0.1, 0.15) is 35.6 Å². The summed E-state index contributed by atoms with van der Waals surface area (Å²) in [4.78, 5) is 4.20. The molecule has 0 atom stereocenters. The van der Waals surface area contributed by atoms with E-state index in [0.29, 0.717) is 6.61 Å². The first-order chi connectivity index (χ1) is 10.2. The van der Waals surface area contributed by atoms with Gasteiger partial charge < -0.3 is 10.1 Å². The van der Waals surface area contributed by atoms with E-state index in [1.807, 2.05) is 19.3 Å². The van der Waals surface area contributed by atoms with Crippen LogP contribution in [0, 0.1) is 13.8 Å². The fraction of sp³-hybridized carbons (Fsp3) is 0.389. The van der Waals surface area contributed by atoms with Crippen molar-refractivity contribution in [2.45, 2.75) is 40.3 Å². The Morgan fingerprint density at radius 1 is 1.10 bits per heavy atom. The Balaban J connectivity index is 2.04. The van der Waals surface area contributed by atoms with Crippen LogP contribution in [0.4, 0.5) is 0 Å². The first-order valence-corrected chi connectivity index (χ1v) is 7.52. The fourth-order valence-corrected chi connectivity index (χ4v) is 2.24. The van der Waals surface area contributed by atoms with E-state index in [9.17, 15) is 0 Å². The van der Waals surface area contributed by atoms with Gasteiger partial charge in [-0.25, -0.2) is 0 Å². The Bertz CT molecular complexity index is 581. The third-order valence-electron chi connectivity index (χ3n) is 3.28. The number of rotatable bonds is 7. The first-order valence-electron chi connectivity index (χ1n) is 7.52. The van der Waals surface area contributed by atoms with Crippen molar-refractivity contribution in [1.82, 2.24) is 10.3 Å². The van der Waals surface area contributed by atoms with E-state index in [2.05, 4.69) is 48.4 Å². The smallest absolute Gasteiger partial charge is 0.124 e. The van der Waals surface area contributed by atoms with E-state index in [1.54, 1.807) is 0 Å². The molecule has 0 saturated heterocycles. The minimum atomic E-state index is 0.554. The van der Waals surface area contributed by atoms with Crippen molar-refractivity contribution in [3.63, 3.8) is 0 Å². The van der Waals surface area contributed by atoms with Crippen molar-refractivity contribution in [2.75, 3.05) is 6.54 Å². The molecule has 3 nitrogen and oxygen atoms in total. The van der Waals surface area contributed by atoms with Crippen molar-refractivity contribution in [2.24, 2.45) is 0 Å². The van der Waals surface area contributed by atoms with Gasteiger partial charge in [-0.2, -0.15) is 0 Å². The highest BCUT2D eigenvalue weighted by atomic mass is 16.5. The van der Waals surface area contributed by atoms with E-state index in [0.717, 1.165) is 36.4 Å². The quantitative estimate of drug-likeness (QED) is 0.786. The molecule has 0 aliphatic carbocycles. The highest BCUT2D eigenvalue weighted by Crippen LogP contribution is 2.21. The maximum Gasteiger partial charge on any atom is 0.124 e. The van der Waals surface area contributed by atoms with Gasteiger partial charge in [0.2, 0.25) is 0 Å². The molecule has 0 spiro atoms. The minimum Gasteiger partial charge on any atom is -0.489 e. The first kappa shape index (κ1) is 15.5. The SMILES string of the molecule is CCCNCc1cc(C)ccc1OCc1cncc(C)c1. The Morgan fingerprint density at radius 3 is 2.71 bits per heavy atom. The molecular formula is C18H24N2O. The Morgan fingerprint density at radius 2 is 1.95 bits per heavy atom. The molecule has 1 aromatic carbocycles. The molecule has 0 amide bonds. The number of nitrogens with one attached hydrogen (secondary N) is 1. The molecule has 3 heteroatoms. The lowest BCUT2D eigenvalue weighted by Gasteiger charge is -2.13. The van der Waals surface area contributed by atoms with Crippen LogP contribution in [0.15, 0.2) is 36.7 Å². The second-order valence-electron chi connectivity index (χ2n) is 5.45. The van der Waals surface area contributed by atoms with Gasteiger partial charge in [-0.15, -0.1) is 0 Å². The standard InChI is InChI=1S/C18H24N2O/c1-4-7-19-12-17-9-14(2)5-6-18(17)21-13-16-8-15(3)10-20-11-16/h5-6,8-11,19H,4,7,12-13H2,1-3H3. The molecule has 0 aliphatic rings. The highest BCUT2D eigenvalue weighted by Gasteiger charge is 2.05. The zero-order valence-corrected chi connectivity index (χ0v) is 13.1. The molecule has 1 aromatic heterocycles. The third kappa shape index (κ3) is 4.87. The summed E-state index contributed by atoms with van der Waals surface area (Å²) in [6.07, 6.45) is 4.85. The number of aromatic nitrogens is 1. The number of nitrogens with zero attached hydrogens (tertiary/aromatic N) is 1. The number of hydrogen-bond acceptors (Lipinski definition) is 3. The van der Waals surface area contributed by atoms with Gasteiger partial charge in [-0.05, 0) is 44.5 Å². The summed E-state index contributed by atoms with van der Waals surface area (Å²) >= 11 is 0. The Hall–Kier alpha value is -1.87. The molecule has 21 heavy (non-hydrogen) atoms. The molecule has 0 fully saturated rings. The summed E-state index contributed by atoms with van der Waals surface area (Å²) in [5.74, 6) is 0.950. The van der Waals surface area contributed by atoms with Crippen LogP contribution in [0.25, 0.3) is 0 Å². The number of aryl methyl sites for hydroxylation is 2. The summed E-state index contributed by atoms with van der Waals surface area (Å²) in [5, 5.41) is 3.43. The maximum absolute atomic E-state index is 5.98. The van der Waals surface area contributed by atoms with Crippen LogP contribution in [0.3, 0.4) is 0 Å². The number of ether oxygens (including phenoxy) is 1. The van der Waals surface area contributed by atoms with Crippen LogP contribution >= 0.6 is 0 Å². The zero-order valence-electron chi connectivity index (χ0n) is 13.1. The normalized spacial score (nSPS) is 10.6. The monoisotopic (exact) mass is 284 g/mol. The zero-order chi connectivity index (χ0) is 15.1. The van der Waals surface area contributed by atoms with Crippen LogP contribution in [0.2, 0.25) is 0 Å². The molecule has 0 saturated carbocycles. The van der Waals surface area contributed by atoms with Gasteiger partial charge in [0.1, 0.15) is 12.4 Å². The van der Waals surface area contributed by atoms with Gasteiger partial charge >= 0.3 is 0 Å². The van der Waals surface area contributed by atoms with Gasteiger partial charge in [0.15, 0.2) is 0 Å². The van der Waals surface area contributed by atoms with Crippen LogP contribution < -0.4 is 10.1 Å². The Kier molecular flexibility index (Phi) is 5.76. The predicted octanol–water partition coefficient (Wildman–Crippen LogP) is 3.78. The number of benzene rings is 1. The third-order valence-corrected chi connectivity index (χ3v) is 3.28. The molecule has 1 N–H and O–H groups in total. The molecule has 1 heterocycles. The lowest BCUT2D eigenvalue weighted by Crippen LogP contribution is -2.14. The topological polar surface area (TPSA) is 34.1 Å².